The van der Waals surface area contributed by atoms with Gasteiger partial charge in [0.1, 0.15) is 0 Å². The lowest BCUT2D eigenvalue weighted by Crippen LogP contribution is -1.95. The summed E-state index contributed by atoms with van der Waals surface area (Å²) in [5, 5.41) is 0. The summed E-state index contributed by atoms with van der Waals surface area (Å²) in [5.74, 6) is 0.196. The first-order valence-electron chi connectivity index (χ1n) is 6.32. The molecule has 0 saturated heterocycles. The summed E-state index contributed by atoms with van der Waals surface area (Å²) in [6.45, 7) is 6.09. The van der Waals surface area contributed by atoms with E-state index in [0.717, 1.165) is 11.1 Å². The molecule has 0 amide bonds. The van der Waals surface area contributed by atoms with Gasteiger partial charge in [-0.25, -0.2) is 0 Å². The maximum atomic E-state index is 11.6. The number of benzene rings is 2. The monoisotopic (exact) mass is 238 g/mol. The zero-order chi connectivity index (χ0) is 13.1. The van der Waals surface area contributed by atoms with E-state index >= 15 is 0 Å². The summed E-state index contributed by atoms with van der Waals surface area (Å²) < 4.78 is 0. The molecule has 0 unspecified atom stereocenters. The van der Waals surface area contributed by atoms with Crippen molar-refractivity contribution in [3.63, 3.8) is 0 Å². The Balaban J connectivity index is 2.37. The van der Waals surface area contributed by atoms with Gasteiger partial charge in [0, 0.05) is 12.0 Å². The molecule has 2 aromatic carbocycles. The molecule has 18 heavy (non-hydrogen) atoms. The first-order valence-corrected chi connectivity index (χ1v) is 6.32. The van der Waals surface area contributed by atoms with Crippen molar-refractivity contribution < 1.29 is 4.79 Å². The Kier molecular flexibility index (Phi) is 3.61. The number of hydrogen-bond acceptors (Lipinski definition) is 1. The van der Waals surface area contributed by atoms with Crippen LogP contribution in [-0.2, 0) is 0 Å². The molecule has 92 valence electrons. The van der Waals surface area contributed by atoms with E-state index in [-0.39, 0.29) is 5.78 Å². The molecular formula is C17H18O. The van der Waals surface area contributed by atoms with Crippen LogP contribution >= 0.6 is 0 Å². The van der Waals surface area contributed by atoms with Crippen molar-refractivity contribution in [2.24, 2.45) is 0 Å². The van der Waals surface area contributed by atoms with Crippen molar-refractivity contribution in [1.29, 1.82) is 0 Å². The third kappa shape index (κ3) is 2.67. The van der Waals surface area contributed by atoms with Crippen LogP contribution in [0.1, 0.15) is 34.8 Å². The minimum atomic E-state index is 0.196. The second-order valence-electron chi connectivity index (χ2n) is 4.73. The first kappa shape index (κ1) is 12.6. The fourth-order valence-corrected chi connectivity index (χ4v) is 2.19. The Hall–Kier alpha value is -1.89. The molecule has 0 bridgehead atoms. The minimum absolute atomic E-state index is 0.196. The topological polar surface area (TPSA) is 17.1 Å². The highest BCUT2D eigenvalue weighted by molar-refractivity contribution is 5.96. The van der Waals surface area contributed by atoms with Crippen LogP contribution in [0.2, 0.25) is 0 Å². The lowest BCUT2D eigenvalue weighted by atomic mass is 9.99. The van der Waals surface area contributed by atoms with Gasteiger partial charge in [0.2, 0.25) is 0 Å². The number of aryl methyl sites for hydroxylation is 2. The summed E-state index contributed by atoms with van der Waals surface area (Å²) in [4.78, 5) is 11.6. The number of carbonyl (C=O) groups is 1. The zero-order valence-corrected chi connectivity index (χ0v) is 11.2. The first-order chi connectivity index (χ1) is 8.60. The largest absolute Gasteiger partial charge is 0.294 e. The maximum absolute atomic E-state index is 11.6. The molecule has 0 radical (unpaired) electrons. The second-order valence-corrected chi connectivity index (χ2v) is 4.73. The maximum Gasteiger partial charge on any atom is 0.162 e. The lowest BCUT2D eigenvalue weighted by Gasteiger charge is -2.06. The number of rotatable bonds is 3. The van der Waals surface area contributed by atoms with Crippen LogP contribution in [0.25, 0.3) is 11.1 Å². The van der Waals surface area contributed by atoms with Gasteiger partial charge >= 0.3 is 0 Å². The average Bonchev–Trinajstić information content (AvgIpc) is 2.37. The number of ketones is 1. The van der Waals surface area contributed by atoms with E-state index in [4.69, 9.17) is 0 Å². The third-order valence-corrected chi connectivity index (χ3v) is 3.08. The van der Waals surface area contributed by atoms with E-state index in [0.29, 0.717) is 6.42 Å². The van der Waals surface area contributed by atoms with Gasteiger partial charge in [0.05, 0.1) is 0 Å². The molecule has 0 saturated carbocycles. The molecule has 0 aliphatic heterocycles. The van der Waals surface area contributed by atoms with Crippen LogP contribution < -0.4 is 0 Å². The van der Waals surface area contributed by atoms with Gasteiger partial charge < -0.3 is 0 Å². The molecule has 0 fully saturated rings. The van der Waals surface area contributed by atoms with Crippen LogP contribution in [-0.4, -0.2) is 5.78 Å². The van der Waals surface area contributed by atoms with Gasteiger partial charge in [0.25, 0.3) is 0 Å². The van der Waals surface area contributed by atoms with Crippen molar-refractivity contribution in [3.8, 4) is 11.1 Å². The second kappa shape index (κ2) is 5.18. The summed E-state index contributed by atoms with van der Waals surface area (Å²) in [5.41, 5.74) is 5.69. The van der Waals surface area contributed by atoms with Crippen molar-refractivity contribution in [1.82, 2.24) is 0 Å². The SMILES string of the molecule is CCC(=O)c1ccc(-c2cc(C)cc(C)c2)cc1. The molecule has 1 nitrogen and oxygen atoms in total. The summed E-state index contributed by atoms with van der Waals surface area (Å²) in [7, 11) is 0. The van der Waals surface area contributed by atoms with Gasteiger partial charge in [-0.3, -0.25) is 4.79 Å². The Morgan fingerprint density at radius 2 is 1.44 bits per heavy atom. The highest BCUT2D eigenvalue weighted by Crippen LogP contribution is 2.22. The van der Waals surface area contributed by atoms with E-state index in [2.05, 4.69) is 32.0 Å². The standard InChI is InChI=1S/C17H18O/c1-4-17(18)15-7-5-14(6-8-15)16-10-12(2)9-13(3)11-16/h5-11H,4H2,1-3H3. The summed E-state index contributed by atoms with van der Waals surface area (Å²) >= 11 is 0. The molecule has 2 aromatic rings. The van der Waals surface area contributed by atoms with Crippen LogP contribution in [0.5, 0.6) is 0 Å². The van der Waals surface area contributed by atoms with E-state index < -0.39 is 0 Å². The minimum Gasteiger partial charge on any atom is -0.294 e. The molecule has 0 atom stereocenters. The van der Waals surface area contributed by atoms with Crippen molar-refractivity contribution >= 4 is 5.78 Å². The highest BCUT2D eigenvalue weighted by Gasteiger charge is 2.04. The molecule has 1 heteroatoms. The fourth-order valence-electron chi connectivity index (χ4n) is 2.19. The van der Waals surface area contributed by atoms with E-state index in [1.807, 2.05) is 31.2 Å². The van der Waals surface area contributed by atoms with E-state index in [1.54, 1.807) is 0 Å². The lowest BCUT2D eigenvalue weighted by molar-refractivity contribution is 0.0988. The zero-order valence-electron chi connectivity index (χ0n) is 11.2. The summed E-state index contributed by atoms with van der Waals surface area (Å²) in [6, 6.07) is 14.4. The molecular weight excluding hydrogens is 220 g/mol. The predicted octanol–water partition coefficient (Wildman–Crippen LogP) is 4.56. The van der Waals surface area contributed by atoms with Crippen molar-refractivity contribution in [3.05, 3.63) is 59.2 Å². The number of carbonyl (C=O) groups excluding carboxylic acids is 1. The molecule has 0 aliphatic rings. The van der Waals surface area contributed by atoms with Gasteiger partial charge in [-0.2, -0.15) is 0 Å². The fraction of sp³-hybridized carbons (Fsp3) is 0.235. The van der Waals surface area contributed by atoms with Crippen LogP contribution in [0.3, 0.4) is 0 Å². The van der Waals surface area contributed by atoms with Gasteiger partial charge in [-0.05, 0) is 25.0 Å². The van der Waals surface area contributed by atoms with E-state index in [1.165, 1.54) is 16.7 Å². The van der Waals surface area contributed by atoms with Gasteiger partial charge in [-0.15, -0.1) is 0 Å². The highest BCUT2D eigenvalue weighted by atomic mass is 16.1. The Bertz CT molecular complexity index is 544. The van der Waals surface area contributed by atoms with E-state index in [9.17, 15) is 4.79 Å². The molecule has 0 aliphatic carbocycles. The Morgan fingerprint density at radius 1 is 0.889 bits per heavy atom. The number of Topliss-reactive ketones (excluding diaryl/α,β-unsaturated/α-hetero) is 1. The van der Waals surface area contributed by atoms with Gasteiger partial charge in [-0.1, -0.05) is 60.5 Å². The summed E-state index contributed by atoms with van der Waals surface area (Å²) in [6.07, 6.45) is 0.558. The average molecular weight is 238 g/mol. The van der Waals surface area contributed by atoms with Crippen LogP contribution in [0.4, 0.5) is 0 Å². The van der Waals surface area contributed by atoms with Crippen LogP contribution in [0, 0.1) is 13.8 Å². The molecule has 0 aromatic heterocycles. The molecule has 0 spiro atoms. The molecule has 2 rings (SSSR count). The third-order valence-electron chi connectivity index (χ3n) is 3.08. The van der Waals surface area contributed by atoms with Crippen molar-refractivity contribution in [2.45, 2.75) is 27.2 Å². The van der Waals surface area contributed by atoms with Crippen molar-refractivity contribution in [2.75, 3.05) is 0 Å². The predicted molar refractivity (Wildman–Crippen MR) is 76.0 cm³/mol. The Morgan fingerprint density at radius 3 is 1.94 bits per heavy atom. The molecule has 0 N–H and O–H groups in total. The number of hydrogen-bond donors (Lipinski definition) is 0. The quantitative estimate of drug-likeness (QED) is 0.716. The molecule has 0 heterocycles. The normalized spacial score (nSPS) is 10.4. The Labute approximate surface area is 108 Å². The van der Waals surface area contributed by atoms with Gasteiger partial charge in [0.15, 0.2) is 5.78 Å². The van der Waals surface area contributed by atoms with Crippen LogP contribution in [0.15, 0.2) is 42.5 Å². The smallest absolute Gasteiger partial charge is 0.162 e.